The summed E-state index contributed by atoms with van der Waals surface area (Å²) >= 11 is 3.19. The van der Waals surface area contributed by atoms with Crippen LogP contribution >= 0.6 is 15.9 Å². The molecule has 2 N–H and O–H groups in total. The number of hydrogen-bond acceptors (Lipinski definition) is 3. The topological polar surface area (TPSA) is 56.7 Å². The van der Waals surface area contributed by atoms with Gasteiger partial charge in [-0.3, -0.25) is 0 Å². The number of nitrogens with two attached hydrogens (primary N) is 1. The van der Waals surface area contributed by atoms with E-state index in [1.807, 2.05) is 0 Å². The zero-order chi connectivity index (χ0) is 10.8. The Hall–Kier alpha value is -1.27. The standard InChI is InChI=1S/C9H8BrFN4/c10-6-1-2-9(8(11)3-6)15-7(4-12)5-13-14-15/h1-3,5H,4,12H2. The van der Waals surface area contributed by atoms with E-state index in [4.69, 9.17) is 5.73 Å². The molecule has 1 heterocycles. The number of nitrogens with zero attached hydrogens (tertiary/aromatic N) is 3. The summed E-state index contributed by atoms with van der Waals surface area (Å²) in [6.45, 7) is 0.266. The van der Waals surface area contributed by atoms with Crippen molar-refractivity contribution in [2.75, 3.05) is 0 Å². The molecule has 0 fully saturated rings. The van der Waals surface area contributed by atoms with Gasteiger partial charge in [0.1, 0.15) is 11.5 Å². The molecule has 15 heavy (non-hydrogen) atoms. The number of benzene rings is 1. The van der Waals surface area contributed by atoms with Crippen molar-refractivity contribution in [3.8, 4) is 5.69 Å². The van der Waals surface area contributed by atoms with Crippen LogP contribution in [-0.4, -0.2) is 15.0 Å². The lowest BCUT2D eigenvalue weighted by Crippen LogP contribution is -2.08. The second-order valence-electron chi connectivity index (χ2n) is 2.94. The van der Waals surface area contributed by atoms with Crippen molar-refractivity contribution in [1.82, 2.24) is 15.0 Å². The molecule has 0 radical (unpaired) electrons. The zero-order valence-corrected chi connectivity index (χ0v) is 9.28. The minimum absolute atomic E-state index is 0.266. The first-order valence-electron chi connectivity index (χ1n) is 4.27. The van der Waals surface area contributed by atoms with Gasteiger partial charge in [-0.2, -0.15) is 0 Å². The Bertz CT molecular complexity index is 483. The van der Waals surface area contributed by atoms with Gasteiger partial charge < -0.3 is 5.73 Å². The molecule has 0 bridgehead atoms. The summed E-state index contributed by atoms with van der Waals surface area (Å²) in [5.41, 5.74) is 6.49. The molecule has 0 aliphatic carbocycles. The summed E-state index contributed by atoms with van der Waals surface area (Å²) in [7, 11) is 0. The van der Waals surface area contributed by atoms with Gasteiger partial charge in [-0.1, -0.05) is 21.1 Å². The van der Waals surface area contributed by atoms with E-state index in [1.165, 1.54) is 16.9 Å². The Morgan fingerprint density at radius 2 is 2.27 bits per heavy atom. The van der Waals surface area contributed by atoms with E-state index in [2.05, 4.69) is 26.2 Å². The minimum atomic E-state index is -0.371. The van der Waals surface area contributed by atoms with Crippen LogP contribution in [0.3, 0.4) is 0 Å². The molecular formula is C9H8BrFN4. The Balaban J connectivity index is 2.54. The lowest BCUT2D eigenvalue weighted by atomic mass is 10.3. The third-order valence-electron chi connectivity index (χ3n) is 1.97. The van der Waals surface area contributed by atoms with Gasteiger partial charge in [0.15, 0.2) is 0 Å². The number of aromatic nitrogens is 3. The van der Waals surface area contributed by atoms with Crippen LogP contribution in [0.25, 0.3) is 5.69 Å². The third-order valence-corrected chi connectivity index (χ3v) is 2.46. The molecule has 2 rings (SSSR count). The van der Waals surface area contributed by atoms with Gasteiger partial charge in [0, 0.05) is 11.0 Å². The summed E-state index contributed by atoms with van der Waals surface area (Å²) in [5, 5.41) is 7.47. The smallest absolute Gasteiger partial charge is 0.150 e. The van der Waals surface area contributed by atoms with Gasteiger partial charge in [-0.15, -0.1) is 5.10 Å². The molecular weight excluding hydrogens is 263 g/mol. The highest BCUT2D eigenvalue weighted by Gasteiger charge is 2.09. The first kappa shape index (κ1) is 10.3. The molecule has 0 aliphatic rings. The van der Waals surface area contributed by atoms with E-state index in [1.54, 1.807) is 12.1 Å². The van der Waals surface area contributed by atoms with Crippen molar-refractivity contribution < 1.29 is 4.39 Å². The zero-order valence-electron chi connectivity index (χ0n) is 7.69. The highest BCUT2D eigenvalue weighted by atomic mass is 79.9. The van der Waals surface area contributed by atoms with Crippen molar-refractivity contribution in [2.24, 2.45) is 5.73 Å². The van der Waals surface area contributed by atoms with Gasteiger partial charge in [0.05, 0.1) is 11.9 Å². The molecule has 0 saturated heterocycles. The van der Waals surface area contributed by atoms with Gasteiger partial charge in [-0.05, 0) is 18.2 Å². The van der Waals surface area contributed by atoms with E-state index < -0.39 is 0 Å². The molecule has 0 saturated carbocycles. The molecule has 0 spiro atoms. The first-order valence-corrected chi connectivity index (χ1v) is 5.06. The highest BCUT2D eigenvalue weighted by molar-refractivity contribution is 9.10. The highest BCUT2D eigenvalue weighted by Crippen LogP contribution is 2.18. The number of hydrogen-bond donors (Lipinski definition) is 1. The maximum atomic E-state index is 13.6. The van der Waals surface area contributed by atoms with Gasteiger partial charge in [0.25, 0.3) is 0 Å². The van der Waals surface area contributed by atoms with Crippen LogP contribution in [0.2, 0.25) is 0 Å². The first-order chi connectivity index (χ1) is 7.22. The van der Waals surface area contributed by atoms with Gasteiger partial charge >= 0.3 is 0 Å². The lowest BCUT2D eigenvalue weighted by Gasteiger charge is -2.05. The van der Waals surface area contributed by atoms with E-state index in [-0.39, 0.29) is 12.4 Å². The second-order valence-corrected chi connectivity index (χ2v) is 3.85. The molecule has 6 heteroatoms. The largest absolute Gasteiger partial charge is 0.325 e. The molecule has 0 unspecified atom stereocenters. The van der Waals surface area contributed by atoms with Crippen LogP contribution in [0.15, 0.2) is 28.9 Å². The van der Waals surface area contributed by atoms with Crippen LogP contribution < -0.4 is 5.73 Å². The van der Waals surface area contributed by atoms with Crippen LogP contribution in [0.4, 0.5) is 4.39 Å². The van der Waals surface area contributed by atoms with Crippen molar-refractivity contribution in [3.05, 3.63) is 40.4 Å². The maximum Gasteiger partial charge on any atom is 0.150 e. The van der Waals surface area contributed by atoms with E-state index in [9.17, 15) is 4.39 Å². The predicted molar refractivity (Wildman–Crippen MR) is 56.9 cm³/mol. The fourth-order valence-electron chi connectivity index (χ4n) is 1.25. The Kier molecular flexibility index (Phi) is 2.79. The SMILES string of the molecule is NCc1cnnn1-c1ccc(Br)cc1F. The quantitative estimate of drug-likeness (QED) is 0.903. The molecule has 78 valence electrons. The molecule has 2 aromatic rings. The van der Waals surface area contributed by atoms with E-state index in [0.29, 0.717) is 15.9 Å². The fraction of sp³-hybridized carbons (Fsp3) is 0.111. The molecule has 1 aromatic heterocycles. The molecule has 0 aliphatic heterocycles. The van der Waals surface area contributed by atoms with Crippen LogP contribution in [0, 0.1) is 5.82 Å². The summed E-state index contributed by atoms with van der Waals surface area (Å²) in [5.74, 6) is -0.371. The van der Waals surface area contributed by atoms with Gasteiger partial charge in [-0.25, -0.2) is 9.07 Å². The Morgan fingerprint density at radius 1 is 1.47 bits per heavy atom. The maximum absolute atomic E-state index is 13.6. The minimum Gasteiger partial charge on any atom is -0.325 e. The van der Waals surface area contributed by atoms with Gasteiger partial charge in [0.2, 0.25) is 0 Å². The second kappa shape index (κ2) is 4.08. The van der Waals surface area contributed by atoms with E-state index in [0.717, 1.165) is 0 Å². The van der Waals surface area contributed by atoms with Crippen LogP contribution in [-0.2, 0) is 6.54 Å². The number of rotatable bonds is 2. The third kappa shape index (κ3) is 1.91. The average molecular weight is 271 g/mol. The van der Waals surface area contributed by atoms with E-state index >= 15 is 0 Å². The van der Waals surface area contributed by atoms with Crippen molar-refractivity contribution >= 4 is 15.9 Å². The Labute approximate surface area is 94.0 Å². The van der Waals surface area contributed by atoms with Crippen LogP contribution in [0.5, 0.6) is 0 Å². The summed E-state index contributed by atoms with van der Waals surface area (Å²) in [6.07, 6.45) is 1.52. The van der Waals surface area contributed by atoms with Crippen molar-refractivity contribution in [2.45, 2.75) is 6.54 Å². The molecule has 0 amide bonds. The van der Waals surface area contributed by atoms with Crippen LogP contribution in [0.1, 0.15) is 5.69 Å². The monoisotopic (exact) mass is 270 g/mol. The summed E-state index contributed by atoms with van der Waals surface area (Å²) in [6, 6.07) is 4.73. The average Bonchev–Trinajstić information content (AvgIpc) is 2.65. The summed E-state index contributed by atoms with van der Waals surface area (Å²) < 4.78 is 15.6. The van der Waals surface area contributed by atoms with Crippen molar-refractivity contribution in [1.29, 1.82) is 0 Å². The molecule has 1 aromatic carbocycles. The predicted octanol–water partition coefficient (Wildman–Crippen LogP) is 1.63. The fourth-order valence-corrected chi connectivity index (χ4v) is 1.58. The molecule has 0 atom stereocenters. The Morgan fingerprint density at radius 3 is 2.93 bits per heavy atom. The number of halogens is 2. The molecule has 4 nitrogen and oxygen atoms in total. The van der Waals surface area contributed by atoms with Crippen molar-refractivity contribution in [3.63, 3.8) is 0 Å². The normalized spacial score (nSPS) is 10.6. The lowest BCUT2D eigenvalue weighted by molar-refractivity contribution is 0.601. The summed E-state index contributed by atoms with van der Waals surface area (Å²) in [4.78, 5) is 0.